The molecule has 0 saturated heterocycles. The molecule has 4 nitrogen and oxygen atoms in total. The van der Waals surface area contributed by atoms with Crippen molar-refractivity contribution in [2.24, 2.45) is 5.73 Å². The average Bonchev–Trinajstić information content (AvgIpc) is 2.79. The topological polar surface area (TPSA) is 60.9 Å². The number of unbranched alkanes of at least 4 members (excludes halogenated alkanes) is 4. The van der Waals surface area contributed by atoms with Gasteiger partial charge >= 0.3 is 0 Å². The number of primary amides is 1. The Morgan fingerprint density at radius 3 is 2.81 bits per heavy atom. The summed E-state index contributed by atoms with van der Waals surface area (Å²) in [5.41, 5.74) is 7.83. The summed E-state index contributed by atoms with van der Waals surface area (Å²) >= 11 is 0. The smallest absolute Gasteiger partial charge is 0.248 e. The highest BCUT2D eigenvalue weighted by Gasteiger charge is 2.09. The van der Waals surface area contributed by atoms with Crippen molar-refractivity contribution in [1.29, 1.82) is 0 Å². The molecule has 1 aromatic heterocycles. The number of terminal acetylenes is 1. The second-order valence-corrected chi connectivity index (χ2v) is 5.27. The lowest BCUT2D eigenvalue weighted by Crippen LogP contribution is -2.11. The predicted octanol–water partition coefficient (Wildman–Crippen LogP) is 3.03. The molecule has 2 rings (SSSR count). The number of fused-ring (bicyclic) bond motifs is 1. The highest BCUT2D eigenvalue weighted by atomic mass is 16.1. The molecular weight excluding hydrogens is 262 g/mol. The number of nitrogens with zero attached hydrogens (tertiary/aromatic N) is 2. The molecule has 0 unspecified atom stereocenters. The molecule has 4 heteroatoms. The van der Waals surface area contributed by atoms with Gasteiger partial charge in [0.2, 0.25) is 5.91 Å². The predicted molar refractivity (Wildman–Crippen MR) is 84.9 cm³/mol. The van der Waals surface area contributed by atoms with Crippen molar-refractivity contribution in [3.05, 3.63) is 29.5 Å². The summed E-state index contributed by atoms with van der Waals surface area (Å²) in [6.07, 6.45) is 10.5. The van der Waals surface area contributed by atoms with E-state index in [1.54, 1.807) is 6.07 Å². The maximum Gasteiger partial charge on any atom is 0.248 e. The maximum atomic E-state index is 11.3. The van der Waals surface area contributed by atoms with Gasteiger partial charge in [-0.15, -0.1) is 12.3 Å². The van der Waals surface area contributed by atoms with E-state index in [-0.39, 0.29) is 0 Å². The van der Waals surface area contributed by atoms with E-state index in [0.29, 0.717) is 5.56 Å². The standard InChI is InChI=1S/C17H21N3O/c1-3-4-5-6-7-8-11-20-16-12-14(17(18)21)9-10-15(16)13(2)19-20/h1,9-10,12H,4-8,11H2,2H3,(H2,18,21). The molecule has 21 heavy (non-hydrogen) atoms. The lowest BCUT2D eigenvalue weighted by molar-refractivity contribution is 0.100. The molecule has 0 bridgehead atoms. The Morgan fingerprint density at radius 1 is 1.33 bits per heavy atom. The van der Waals surface area contributed by atoms with Crippen LogP contribution in [-0.4, -0.2) is 15.7 Å². The SMILES string of the molecule is C#CCCCCCCn1nc(C)c2ccc(C(N)=O)cc21. The number of benzene rings is 1. The zero-order valence-corrected chi connectivity index (χ0v) is 12.4. The normalized spacial score (nSPS) is 10.7. The molecule has 2 N–H and O–H groups in total. The molecule has 110 valence electrons. The van der Waals surface area contributed by atoms with Crippen LogP contribution in [-0.2, 0) is 6.54 Å². The monoisotopic (exact) mass is 283 g/mol. The van der Waals surface area contributed by atoms with Crippen molar-refractivity contribution in [3.63, 3.8) is 0 Å². The van der Waals surface area contributed by atoms with Crippen molar-refractivity contribution in [1.82, 2.24) is 9.78 Å². The first-order chi connectivity index (χ1) is 10.1. The van der Waals surface area contributed by atoms with Gasteiger partial charge in [-0.1, -0.05) is 18.9 Å². The Labute approximate surface area is 125 Å². The third-order valence-corrected chi connectivity index (χ3v) is 3.66. The molecular formula is C17H21N3O. The number of aryl methyl sites for hydroxylation is 2. The van der Waals surface area contributed by atoms with Crippen LogP contribution in [0.1, 0.15) is 48.2 Å². The van der Waals surface area contributed by atoms with E-state index < -0.39 is 5.91 Å². The summed E-state index contributed by atoms with van der Waals surface area (Å²) in [6, 6.07) is 5.50. The Kier molecular flexibility index (Phi) is 4.99. The fourth-order valence-electron chi connectivity index (χ4n) is 2.51. The first kappa shape index (κ1) is 15.1. The first-order valence-electron chi connectivity index (χ1n) is 7.34. The number of amides is 1. The molecule has 1 amide bonds. The summed E-state index contributed by atoms with van der Waals surface area (Å²) < 4.78 is 1.97. The maximum absolute atomic E-state index is 11.3. The molecule has 1 aromatic carbocycles. The minimum Gasteiger partial charge on any atom is -0.366 e. The molecule has 0 aliphatic carbocycles. The van der Waals surface area contributed by atoms with Crippen molar-refractivity contribution < 1.29 is 4.79 Å². The fraction of sp³-hybridized carbons (Fsp3) is 0.412. The van der Waals surface area contributed by atoms with E-state index in [9.17, 15) is 4.79 Å². The number of hydrogen-bond acceptors (Lipinski definition) is 2. The van der Waals surface area contributed by atoms with Crippen LogP contribution >= 0.6 is 0 Å². The van der Waals surface area contributed by atoms with Gasteiger partial charge in [-0.25, -0.2) is 0 Å². The van der Waals surface area contributed by atoms with Gasteiger partial charge in [-0.3, -0.25) is 9.48 Å². The number of rotatable bonds is 7. The highest BCUT2D eigenvalue weighted by Crippen LogP contribution is 2.20. The first-order valence-corrected chi connectivity index (χ1v) is 7.34. The third-order valence-electron chi connectivity index (χ3n) is 3.66. The zero-order chi connectivity index (χ0) is 15.2. The van der Waals surface area contributed by atoms with Crippen molar-refractivity contribution in [3.8, 4) is 12.3 Å². The Hall–Kier alpha value is -2.28. The minimum absolute atomic E-state index is 0.406. The van der Waals surface area contributed by atoms with Gasteiger partial charge in [0.05, 0.1) is 11.2 Å². The minimum atomic E-state index is -0.406. The number of carbonyl (C=O) groups excluding carboxylic acids is 1. The van der Waals surface area contributed by atoms with Crippen LogP contribution < -0.4 is 5.73 Å². The van der Waals surface area contributed by atoms with Crippen molar-refractivity contribution in [2.75, 3.05) is 0 Å². The van der Waals surface area contributed by atoms with Gasteiger partial charge in [0.25, 0.3) is 0 Å². The van der Waals surface area contributed by atoms with Gasteiger partial charge in [0.1, 0.15) is 0 Å². The Balaban J connectivity index is 2.07. The number of aromatic nitrogens is 2. The van der Waals surface area contributed by atoms with E-state index >= 15 is 0 Å². The van der Waals surface area contributed by atoms with Crippen molar-refractivity contribution in [2.45, 2.75) is 45.6 Å². The molecule has 0 radical (unpaired) electrons. The summed E-state index contributed by atoms with van der Waals surface area (Å²) in [6.45, 7) is 2.83. The second kappa shape index (κ2) is 6.94. The molecule has 0 fully saturated rings. The molecule has 0 aliphatic rings. The van der Waals surface area contributed by atoms with Crippen LogP contribution in [0.25, 0.3) is 10.9 Å². The fourth-order valence-corrected chi connectivity index (χ4v) is 2.51. The summed E-state index contributed by atoms with van der Waals surface area (Å²) in [7, 11) is 0. The van der Waals surface area contributed by atoms with Gasteiger partial charge in [0, 0.05) is 23.9 Å². The number of carbonyl (C=O) groups is 1. The van der Waals surface area contributed by atoms with E-state index in [0.717, 1.165) is 55.2 Å². The number of nitrogens with two attached hydrogens (primary N) is 1. The summed E-state index contributed by atoms with van der Waals surface area (Å²) in [5, 5.41) is 5.63. The zero-order valence-electron chi connectivity index (χ0n) is 12.4. The van der Waals surface area contributed by atoms with Crippen molar-refractivity contribution >= 4 is 16.8 Å². The van der Waals surface area contributed by atoms with Crippen LogP contribution in [0.3, 0.4) is 0 Å². The summed E-state index contributed by atoms with van der Waals surface area (Å²) in [4.78, 5) is 11.3. The third kappa shape index (κ3) is 3.63. The lowest BCUT2D eigenvalue weighted by Gasteiger charge is -2.04. The Bertz CT molecular complexity index is 679. The van der Waals surface area contributed by atoms with E-state index in [4.69, 9.17) is 12.2 Å². The van der Waals surface area contributed by atoms with Gasteiger partial charge in [-0.2, -0.15) is 5.10 Å². The Morgan fingerprint density at radius 2 is 2.10 bits per heavy atom. The molecule has 0 saturated carbocycles. The van der Waals surface area contributed by atoms with Crippen LogP contribution in [0.4, 0.5) is 0 Å². The van der Waals surface area contributed by atoms with Crippen LogP contribution in [0.5, 0.6) is 0 Å². The van der Waals surface area contributed by atoms with Gasteiger partial charge in [-0.05, 0) is 31.9 Å². The molecule has 1 heterocycles. The largest absolute Gasteiger partial charge is 0.366 e. The van der Waals surface area contributed by atoms with Crippen LogP contribution in [0.2, 0.25) is 0 Å². The van der Waals surface area contributed by atoms with E-state index in [1.807, 2.05) is 23.7 Å². The van der Waals surface area contributed by atoms with E-state index in [2.05, 4.69) is 11.0 Å². The molecule has 2 aromatic rings. The molecule has 0 atom stereocenters. The van der Waals surface area contributed by atoms with Crippen LogP contribution in [0.15, 0.2) is 18.2 Å². The van der Waals surface area contributed by atoms with Gasteiger partial charge < -0.3 is 5.73 Å². The second-order valence-electron chi connectivity index (χ2n) is 5.27. The van der Waals surface area contributed by atoms with Crippen LogP contribution in [0, 0.1) is 19.3 Å². The number of hydrogen-bond donors (Lipinski definition) is 1. The lowest BCUT2D eigenvalue weighted by atomic mass is 10.1. The van der Waals surface area contributed by atoms with Gasteiger partial charge in [0.15, 0.2) is 0 Å². The quantitative estimate of drug-likeness (QED) is 0.627. The molecule has 0 aliphatic heterocycles. The molecule has 0 spiro atoms. The summed E-state index contributed by atoms with van der Waals surface area (Å²) in [5.74, 6) is 2.25. The van der Waals surface area contributed by atoms with E-state index in [1.165, 1.54) is 0 Å². The average molecular weight is 283 g/mol. The highest BCUT2D eigenvalue weighted by molar-refractivity contribution is 5.97.